The van der Waals surface area contributed by atoms with E-state index in [1.54, 1.807) is 0 Å². The van der Waals surface area contributed by atoms with Gasteiger partial charge >= 0.3 is 0 Å². The monoisotopic (exact) mass is 480 g/mol. The molecule has 0 aliphatic heterocycles. The Labute approximate surface area is 204 Å². The van der Waals surface area contributed by atoms with Crippen molar-refractivity contribution >= 4 is 52.4 Å². The van der Waals surface area contributed by atoms with Crippen LogP contribution in [0.25, 0.3) is 0 Å². The standard InChI is InChI=1S/C24H29ClN8O/c1-6-33(7-2)24-29-22(27-20-11-8-15(3)21(25)14-20)28-23(30-24)32-31-16(4)18-9-12-19(13-10-18)26-17(5)34/h8-14H,6-7H2,1-5H3,(H,26,34)(H2,27,28,29,30,32). The molecule has 9 nitrogen and oxygen atoms in total. The maximum absolute atomic E-state index is 11.2. The summed E-state index contributed by atoms with van der Waals surface area (Å²) in [6.45, 7) is 10.9. The minimum atomic E-state index is -0.115. The molecule has 0 saturated carbocycles. The maximum atomic E-state index is 11.2. The lowest BCUT2D eigenvalue weighted by Crippen LogP contribution is -2.25. The van der Waals surface area contributed by atoms with Crippen molar-refractivity contribution in [2.24, 2.45) is 5.10 Å². The first-order valence-electron chi connectivity index (χ1n) is 11.0. The minimum absolute atomic E-state index is 0.115. The Kier molecular flexibility index (Phi) is 8.37. The lowest BCUT2D eigenvalue weighted by Gasteiger charge is -2.19. The number of carbonyl (C=O) groups excluding carboxylic acids is 1. The van der Waals surface area contributed by atoms with Crippen molar-refractivity contribution in [3.63, 3.8) is 0 Å². The summed E-state index contributed by atoms with van der Waals surface area (Å²) in [6.07, 6.45) is 0. The van der Waals surface area contributed by atoms with Gasteiger partial charge in [0.15, 0.2) is 0 Å². The van der Waals surface area contributed by atoms with Crippen molar-refractivity contribution in [3.05, 3.63) is 58.6 Å². The number of benzene rings is 2. The van der Waals surface area contributed by atoms with Crippen molar-refractivity contribution < 1.29 is 4.79 Å². The number of aryl methyl sites for hydroxylation is 1. The molecule has 34 heavy (non-hydrogen) atoms. The summed E-state index contributed by atoms with van der Waals surface area (Å²) in [4.78, 5) is 26.8. The summed E-state index contributed by atoms with van der Waals surface area (Å²) >= 11 is 6.26. The molecule has 3 rings (SSSR count). The number of halogens is 1. The summed E-state index contributed by atoms with van der Waals surface area (Å²) in [5.41, 5.74) is 7.07. The fourth-order valence-corrected chi connectivity index (χ4v) is 3.30. The quantitative estimate of drug-likeness (QED) is 0.284. The number of carbonyl (C=O) groups is 1. The van der Waals surface area contributed by atoms with Crippen LogP contribution < -0.4 is 21.0 Å². The van der Waals surface area contributed by atoms with Crippen LogP contribution in [0.3, 0.4) is 0 Å². The van der Waals surface area contributed by atoms with Gasteiger partial charge in [-0.3, -0.25) is 4.79 Å². The zero-order valence-corrected chi connectivity index (χ0v) is 20.7. The Balaban J connectivity index is 1.85. The lowest BCUT2D eigenvalue weighted by molar-refractivity contribution is -0.114. The molecular formula is C24H29ClN8O. The molecule has 1 aromatic heterocycles. The maximum Gasteiger partial charge on any atom is 0.250 e. The number of hydrogen-bond donors (Lipinski definition) is 3. The molecule has 0 aliphatic rings. The number of nitrogens with one attached hydrogen (secondary N) is 3. The Morgan fingerprint density at radius 2 is 1.62 bits per heavy atom. The van der Waals surface area contributed by atoms with Crippen molar-refractivity contribution in [3.8, 4) is 0 Å². The van der Waals surface area contributed by atoms with Gasteiger partial charge in [-0.25, -0.2) is 5.43 Å². The van der Waals surface area contributed by atoms with E-state index in [2.05, 4.69) is 36.1 Å². The SMILES string of the molecule is CCN(CC)c1nc(NN=C(C)c2ccc(NC(C)=O)cc2)nc(Nc2ccc(C)c(Cl)c2)n1. The summed E-state index contributed by atoms with van der Waals surface area (Å²) in [7, 11) is 0. The van der Waals surface area contributed by atoms with Crippen LogP contribution in [-0.4, -0.2) is 39.7 Å². The number of nitrogens with zero attached hydrogens (tertiary/aromatic N) is 5. The van der Waals surface area contributed by atoms with E-state index in [9.17, 15) is 4.79 Å². The van der Waals surface area contributed by atoms with Gasteiger partial charge in [-0.1, -0.05) is 29.8 Å². The average Bonchev–Trinajstić information content (AvgIpc) is 2.81. The highest BCUT2D eigenvalue weighted by Crippen LogP contribution is 2.23. The van der Waals surface area contributed by atoms with Crippen LogP contribution in [-0.2, 0) is 4.79 Å². The first kappa shape index (κ1) is 24.9. The molecule has 0 radical (unpaired) electrons. The number of hydrazone groups is 1. The Morgan fingerprint density at radius 1 is 0.971 bits per heavy atom. The zero-order valence-electron chi connectivity index (χ0n) is 20.0. The Morgan fingerprint density at radius 3 is 2.24 bits per heavy atom. The molecule has 3 N–H and O–H groups in total. The molecular weight excluding hydrogens is 452 g/mol. The van der Waals surface area contributed by atoms with Crippen molar-refractivity contribution in [2.45, 2.75) is 34.6 Å². The summed E-state index contributed by atoms with van der Waals surface area (Å²) in [5.74, 6) is 1.12. The van der Waals surface area contributed by atoms with Crippen LogP contribution in [0.4, 0.5) is 29.2 Å². The van der Waals surface area contributed by atoms with E-state index in [-0.39, 0.29) is 5.91 Å². The molecule has 0 aliphatic carbocycles. The van der Waals surface area contributed by atoms with Crippen LogP contribution in [0, 0.1) is 6.92 Å². The lowest BCUT2D eigenvalue weighted by atomic mass is 10.1. The molecule has 0 unspecified atom stereocenters. The van der Waals surface area contributed by atoms with Crippen molar-refractivity contribution in [1.82, 2.24) is 15.0 Å². The highest BCUT2D eigenvalue weighted by atomic mass is 35.5. The highest BCUT2D eigenvalue weighted by Gasteiger charge is 2.12. The fourth-order valence-electron chi connectivity index (χ4n) is 3.11. The number of anilines is 5. The van der Waals surface area contributed by atoms with Crippen LogP contribution in [0.15, 0.2) is 47.6 Å². The van der Waals surface area contributed by atoms with Crippen LogP contribution in [0.2, 0.25) is 5.02 Å². The Bertz CT molecular complexity index is 1180. The second-order valence-corrected chi connectivity index (χ2v) is 8.02. The third-order valence-electron chi connectivity index (χ3n) is 5.04. The summed E-state index contributed by atoms with van der Waals surface area (Å²) in [6, 6.07) is 13.1. The molecule has 10 heteroatoms. The molecule has 0 spiro atoms. The van der Waals surface area contributed by atoms with Crippen molar-refractivity contribution in [2.75, 3.05) is 34.0 Å². The van der Waals surface area contributed by atoms with Crippen LogP contribution >= 0.6 is 11.6 Å². The molecule has 1 heterocycles. The minimum Gasteiger partial charge on any atom is -0.341 e. The zero-order chi connectivity index (χ0) is 24.7. The topological polar surface area (TPSA) is 107 Å². The molecule has 3 aromatic rings. The Hall–Kier alpha value is -3.72. The molecule has 178 valence electrons. The van der Waals surface area contributed by atoms with Crippen LogP contribution in [0.5, 0.6) is 0 Å². The largest absolute Gasteiger partial charge is 0.341 e. The molecule has 0 saturated heterocycles. The number of hydrogen-bond acceptors (Lipinski definition) is 8. The van der Waals surface area contributed by atoms with Gasteiger partial charge in [0.25, 0.3) is 0 Å². The second-order valence-electron chi connectivity index (χ2n) is 7.61. The van der Waals surface area contributed by atoms with E-state index in [0.29, 0.717) is 22.9 Å². The van der Waals surface area contributed by atoms with E-state index in [4.69, 9.17) is 11.6 Å². The van der Waals surface area contributed by atoms with Gasteiger partial charge in [0.1, 0.15) is 0 Å². The number of rotatable bonds is 9. The highest BCUT2D eigenvalue weighted by molar-refractivity contribution is 6.31. The predicted molar refractivity (Wildman–Crippen MR) is 139 cm³/mol. The molecule has 1 amide bonds. The average molecular weight is 481 g/mol. The number of aromatic nitrogens is 3. The molecule has 0 fully saturated rings. The van der Waals surface area contributed by atoms with Crippen LogP contribution in [0.1, 0.15) is 38.8 Å². The van der Waals surface area contributed by atoms with E-state index in [0.717, 1.165) is 41.3 Å². The van der Waals surface area contributed by atoms with E-state index < -0.39 is 0 Å². The van der Waals surface area contributed by atoms with Gasteiger partial charge in [0.05, 0.1) is 5.71 Å². The van der Waals surface area contributed by atoms with Gasteiger partial charge in [0, 0.05) is 36.4 Å². The summed E-state index contributed by atoms with van der Waals surface area (Å²) in [5, 5.41) is 11.0. The molecule has 2 aromatic carbocycles. The second kappa shape index (κ2) is 11.4. The smallest absolute Gasteiger partial charge is 0.250 e. The fraction of sp³-hybridized carbons (Fsp3) is 0.292. The van der Waals surface area contributed by atoms with E-state index in [1.165, 1.54) is 6.92 Å². The van der Waals surface area contributed by atoms with Crippen molar-refractivity contribution in [1.29, 1.82) is 0 Å². The van der Waals surface area contributed by atoms with Gasteiger partial charge in [-0.15, -0.1) is 0 Å². The third kappa shape index (κ3) is 6.64. The predicted octanol–water partition coefficient (Wildman–Crippen LogP) is 5.22. The normalized spacial score (nSPS) is 11.2. The molecule has 0 atom stereocenters. The van der Waals surface area contributed by atoms with E-state index in [1.807, 2.05) is 75.1 Å². The van der Waals surface area contributed by atoms with Gasteiger partial charge in [0.2, 0.25) is 23.8 Å². The van der Waals surface area contributed by atoms with Gasteiger partial charge < -0.3 is 15.5 Å². The van der Waals surface area contributed by atoms with Gasteiger partial charge in [-0.2, -0.15) is 20.1 Å². The first-order chi connectivity index (χ1) is 16.3. The molecule has 0 bridgehead atoms. The van der Waals surface area contributed by atoms with E-state index >= 15 is 0 Å². The third-order valence-corrected chi connectivity index (χ3v) is 5.45. The number of amides is 1. The first-order valence-corrected chi connectivity index (χ1v) is 11.4. The summed E-state index contributed by atoms with van der Waals surface area (Å²) < 4.78 is 0. The van der Waals surface area contributed by atoms with Gasteiger partial charge in [-0.05, 0) is 63.1 Å².